The zero-order valence-corrected chi connectivity index (χ0v) is 12.4. The fraction of sp³-hybridized carbons (Fsp3) is 0.714. The summed E-state index contributed by atoms with van der Waals surface area (Å²) in [6.07, 6.45) is 1.20. The molecule has 0 atom stereocenters. The molecule has 0 bridgehead atoms. The molecule has 0 saturated carbocycles. The summed E-state index contributed by atoms with van der Waals surface area (Å²) in [5.41, 5.74) is 6.03. The van der Waals surface area contributed by atoms with Gasteiger partial charge in [0.25, 0.3) is 0 Å². The Morgan fingerprint density at radius 1 is 1.35 bits per heavy atom. The number of hydrogen-bond donors (Lipinski definition) is 1. The number of thiophene rings is 1. The monoisotopic (exact) mass is 254 g/mol. The summed E-state index contributed by atoms with van der Waals surface area (Å²) in [6, 6.07) is 4.45. The summed E-state index contributed by atoms with van der Waals surface area (Å²) in [6.45, 7) is 12.9. The van der Waals surface area contributed by atoms with Gasteiger partial charge in [0.05, 0.1) is 0 Å². The number of hydrogen-bond acceptors (Lipinski definition) is 3. The zero-order valence-electron chi connectivity index (χ0n) is 11.6. The highest BCUT2D eigenvalue weighted by molar-refractivity contribution is 7.11. The standard InChI is InChI=1S/C14H26N2S/c1-5-8-16(11-14(3,4)10-15)9-13-7-6-12(2)17-13/h6-7H,5,8-11,15H2,1-4H3. The van der Waals surface area contributed by atoms with Gasteiger partial charge in [-0.15, -0.1) is 11.3 Å². The van der Waals surface area contributed by atoms with E-state index in [1.165, 1.54) is 16.2 Å². The summed E-state index contributed by atoms with van der Waals surface area (Å²) in [5, 5.41) is 0. The van der Waals surface area contributed by atoms with E-state index in [9.17, 15) is 0 Å². The van der Waals surface area contributed by atoms with Crippen molar-refractivity contribution in [3.05, 3.63) is 21.9 Å². The minimum Gasteiger partial charge on any atom is -0.330 e. The van der Waals surface area contributed by atoms with Gasteiger partial charge in [-0.1, -0.05) is 20.8 Å². The molecule has 0 saturated heterocycles. The van der Waals surface area contributed by atoms with Gasteiger partial charge in [0.2, 0.25) is 0 Å². The largest absolute Gasteiger partial charge is 0.330 e. The predicted octanol–water partition coefficient (Wildman–Crippen LogP) is 3.25. The van der Waals surface area contributed by atoms with E-state index in [4.69, 9.17) is 5.73 Å². The molecule has 1 rings (SSSR count). The third-order valence-corrected chi connectivity index (χ3v) is 3.90. The first-order valence-corrected chi connectivity index (χ1v) is 7.26. The van der Waals surface area contributed by atoms with E-state index < -0.39 is 0 Å². The van der Waals surface area contributed by atoms with Gasteiger partial charge >= 0.3 is 0 Å². The van der Waals surface area contributed by atoms with Gasteiger partial charge in [0.15, 0.2) is 0 Å². The van der Waals surface area contributed by atoms with E-state index >= 15 is 0 Å². The molecular weight excluding hydrogens is 228 g/mol. The fourth-order valence-corrected chi connectivity index (χ4v) is 2.92. The first-order chi connectivity index (χ1) is 7.96. The van der Waals surface area contributed by atoms with E-state index in [0.717, 1.165) is 26.2 Å². The van der Waals surface area contributed by atoms with Gasteiger partial charge in [0.1, 0.15) is 0 Å². The van der Waals surface area contributed by atoms with Crippen molar-refractivity contribution in [3.63, 3.8) is 0 Å². The van der Waals surface area contributed by atoms with Crippen molar-refractivity contribution in [2.45, 2.75) is 40.7 Å². The summed E-state index contributed by atoms with van der Waals surface area (Å²) in [7, 11) is 0. The number of nitrogens with two attached hydrogens (primary N) is 1. The van der Waals surface area contributed by atoms with Crippen molar-refractivity contribution in [1.82, 2.24) is 4.90 Å². The second kappa shape index (κ2) is 6.53. The Kier molecular flexibility index (Phi) is 5.63. The lowest BCUT2D eigenvalue weighted by molar-refractivity contribution is 0.177. The van der Waals surface area contributed by atoms with E-state index in [-0.39, 0.29) is 5.41 Å². The van der Waals surface area contributed by atoms with Crippen molar-refractivity contribution in [2.75, 3.05) is 19.6 Å². The van der Waals surface area contributed by atoms with Crippen LogP contribution in [0.4, 0.5) is 0 Å². The summed E-state index contributed by atoms with van der Waals surface area (Å²) >= 11 is 1.90. The number of nitrogens with zero attached hydrogens (tertiary/aromatic N) is 1. The topological polar surface area (TPSA) is 29.3 Å². The van der Waals surface area contributed by atoms with Gasteiger partial charge in [-0.2, -0.15) is 0 Å². The highest BCUT2D eigenvalue weighted by Gasteiger charge is 2.20. The molecule has 17 heavy (non-hydrogen) atoms. The molecule has 1 heterocycles. The second-order valence-electron chi connectivity index (χ2n) is 5.59. The minimum atomic E-state index is 0.210. The van der Waals surface area contributed by atoms with Crippen LogP contribution in [0.25, 0.3) is 0 Å². The maximum atomic E-state index is 5.82. The first-order valence-electron chi connectivity index (χ1n) is 6.44. The highest BCUT2D eigenvalue weighted by Crippen LogP contribution is 2.21. The molecule has 0 spiro atoms. The molecule has 0 aromatic carbocycles. The average Bonchev–Trinajstić information content (AvgIpc) is 2.64. The molecule has 1 aromatic rings. The van der Waals surface area contributed by atoms with Crippen LogP contribution in [0.1, 0.15) is 36.9 Å². The van der Waals surface area contributed by atoms with E-state index in [1.54, 1.807) is 0 Å². The van der Waals surface area contributed by atoms with Crippen LogP contribution in [0.5, 0.6) is 0 Å². The summed E-state index contributed by atoms with van der Waals surface area (Å²) in [4.78, 5) is 5.39. The number of rotatable bonds is 7. The lowest BCUT2D eigenvalue weighted by atomic mass is 9.93. The predicted molar refractivity (Wildman–Crippen MR) is 77.5 cm³/mol. The van der Waals surface area contributed by atoms with Crippen LogP contribution in [-0.2, 0) is 6.54 Å². The summed E-state index contributed by atoms with van der Waals surface area (Å²) < 4.78 is 0. The van der Waals surface area contributed by atoms with Gasteiger partial charge in [-0.3, -0.25) is 4.90 Å². The molecule has 2 nitrogen and oxygen atoms in total. The Labute approximate surface area is 110 Å². The van der Waals surface area contributed by atoms with Crippen molar-refractivity contribution in [1.29, 1.82) is 0 Å². The molecule has 0 aliphatic carbocycles. The lowest BCUT2D eigenvalue weighted by Gasteiger charge is -2.31. The van der Waals surface area contributed by atoms with Crippen LogP contribution in [0.3, 0.4) is 0 Å². The number of aryl methyl sites for hydroxylation is 1. The maximum Gasteiger partial charge on any atom is 0.0328 e. The molecule has 0 radical (unpaired) electrons. The molecule has 0 amide bonds. The Bertz CT molecular complexity index is 331. The molecule has 2 N–H and O–H groups in total. The van der Waals surface area contributed by atoms with Gasteiger partial charge < -0.3 is 5.73 Å². The average molecular weight is 254 g/mol. The molecule has 0 aliphatic heterocycles. The second-order valence-corrected chi connectivity index (χ2v) is 6.96. The SMILES string of the molecule is CCCN(Cc1ccc(C)s1)CC(C)(C)CN. The van der Waals surface area contributed by atoms with Crippen LogP contribution in [0.2, 0.25) is 0 Å². The Morgan fingerprint density at radius 3 is 2.53 bits per heavy atom. The Hall–Kier alpha value is -0.380. The first kappa shape index (κ1) is 14.7. The fourth-order valence-electron chi connectivity index (χ4n) is 1.99. The van der Waals surface area contributed by atoms with E-state index in [1.807, 2.05) is 11.3 Å². The molecule has 0 aliphatic rings. The van der Waals surface area contributed by atoms with Crippen molar-refractivity contribution in [3.8, 4) is 0 Å². The Balaban J connectivity index is 2.60. The molecular formula is C14H26N2S. The highest BCUT2D eigenvalue weighted by atomic mass is 32.1. The quantitative estimate of drug-likeness (QED) is 0.809. The van der Waals surface area contributed by atoms with Gasteiger partial charge in [-0.25, -0.2) is 0 Å². The normalized spacial score (nSPS) is 12.4. The minimum absolute atomic E-state index is 0.210. The van der Waals surface area contributed by atoms with Crippen molar-refractivity contribution in [2.24, 2.45) is 11.1 Å². The third kappa shape index (κ3) is 5.19. The van der Waals surface area contributed by atoms with Crippen molar-refractivity contribution < 1.29 is 0 Å². The van der Waals surface area contributed by atoms with Crippen LogP contribution in [-0.4, -0.2) is 24.5 Å². The molecule has 0 fully saturated rings. The molecule has 1 aromatic heterocycles. The zero-order chi connectivity index (χ0) is 12.9. The van der Waals surface area contributed by atoms with Crippen molar-refractivity contribution >= 4 is 11.3 Å². The van der Waals surface area contributed by atoms with Crippen LogP contribution >= 0.6 is 11.3 Å². The van der Waals surface area contributed by atoms with E-state index in [2.05, 4.69) is 44.7 Å². The molecule has 98 valence electrons. The maximum absolute atomic E-state index is 5.82. The third-order valence-electron chi connectivity index (χ3n) is 2.92. The van der Waals surface area contributed by atoms with Gasteiger partial charge in [0, 0.05) is 22.8 Å². The van der Waals surface area contributed by atoms with Crippen LogP contribution < -0.4 is 5.73 Å². The van der Waals surface area contributed by atoms with Gasteiger partial charge in [-0.05, 0) is 44.0 Å². The Morgan fingerprint density at radius 2 is 2.06 bits per heavy atom. The lowest BCUT2D eigenvalue weighted by Crippen LogP contribution is -2.38. The van der Waals surface area contributed by atoms with Crippen LogP contribution in [0.15, 0.2) is 12.1 Å². The van der Waals surface area contributed by atoms with E-state index in [0.29, 0.717) is 0 Å². The van der Waals surface area contributed by atoms with Crippen LogP contribution in [0, 0.1) is 12.3 Å². The molecule has 0 unspecified atom stereocenters. The summed E-state index contributed by atoms with van der Waals surface area (Å²) in [5.74, 6) is 0. The smallest absolute Gasteiger partial charge is 0.0328 e. The molecule has 3 heteroatoms.